The van der Waals surface area contributed by atoms with E-state index >= 15 is 0 Å². The van der Waals surface area contributed by atoms with Crippen LogP contribution >= 0.6 is 15.9 Å². The van der Waals surface area contributed by atoms with Gasteiger partial charge in [-0.2, -0.15) is 0 Å². The van der Waals surface area contributed by atoms with E-state index in [1.165, 1.54) is 6.07 Å². The quantitative estimate of drug-likeness (QED) is 0.742. The molecule has 1 aromatic carbocycles. The molecule has 1 nitrogen and oxygen atoms in total. The van der Waals surface area contributed by atoms with Gasteiger partial charge in [-0.05, 0) is 18.1 Å². The van der Waals surface area contributed by atoms with Crippen LogP contribution in [0.4, 0.5) is 4.39 Å². The van der Waals surface area contributed by atoms with Crippen LogP contribution in [-0.2, 0) is 11.2 Å². The summed E-state index contributed by atoms with van der Waals surface area (Å²) in [6.45, 7) is 0. The monoisotopic (exact) mass is 258 g/mol. The van der Waals surface area contributed by atoms with E-state index in [0.29, 0.717) is 12.0 Å². The van der Waals surface area contributed by atoms with E-state index < -0.39 is 0 Å². The molecule has 1 rings (SSSR count). The molecule has 0 radical (unpaired) electrons. The standard InChI is InChI=1S/C11H12BrFO/c12-7-3-5-10(14)8-9-4-1-2-6-11(9)13/h1-2,4,6H,3,5,7-8H2. The number of carbonyl (C=O) groups is 1. The van der Waals surface area contributed by atoms with Crippen LogP contribution in [0.15, 0.2) is 24.3 Å². The van der Waals surface area contributed by atoms with Crippen LogP contribution < -0.4 is 0 Å². The van der Waals surface area contributed by atoms with E-state index in [1.807, 2.05) is 0 Å². The van der Waals surface area contributed by atoms with Crippen molar-refractivity contribution in [3.8, 4) is 0 Å². The summed E-state index contributed by atoms with van der Waals surface area (Å²) in [6.07, 6.45) is 1.53. The summed E-state index contributed by atoms with van der Waals surface area (Å²) < 4.78 is 13.1. The Morgan fingerprint density at radius 3 is 2.71 bits per heavy atom. The Kier molecular flexibility index (Phi) is 4.80. The minimum atomic E-state index is -0.292. The minimum Gasteiger partial charge on any atom is -0.299 e. The predicted octanol–water partition coefficient (Wildman–Crippen LogP) is 3.11. The maximum Gasteiger partial charge on any atom is 0.137 e. The molecule has 0 N–H and O–H groups in total. The third-order valence-electron chi connectivity index (χ3n) is 1.93. The molecule has 0 aliphatic heterocycles. The second-order valence-corrected chi connectivity index (χ2v) is 3.89. The van der Waals surface area contributed by atoms with Gasteiger partial charge in [-0.15, -0.1) is 0 Å². The lowest BCUT2D eigenvalue weighted by atomic mass is 10.1. The Balaban J connectivity index is 2.52. The molecule has 0 fully saturated rings. The average molecular weight is 259 g/mol. The molecule has 0 saturated carbocycles. The Morgan fingerprint density at radius 2 is 2.07 bits per heavy atom. The Bertz CT molecular complexity index is 312. The molecular weight excluding hydrogens is 247 g/mol. The number of halogens is 2. The highest BCUT2D eigenvalue weighted by Gasteiger charge is 2.06. The summed E-state index contributed by atoms with van der Waals surface area (Å²) in [5.41, 5.74) is 0.493. The molecular formula is C11H12BrFO. The van der Waals surface area contributed by atoms with Crippen LogP contribution in [0.2, 0.25) is 0 Å². The number of ketones is 1. The first-order valence-corrected chi connectivity index (χ1v) is 5.67. The zero-order valence-corrected chi connectivity index (χ0v) is 9.39. The van der Waals surface area contributed by atoms with Crippen LogP contribution in [-0.4, -0.2) is 11.1 Å². The molecule has 0 unspecified atom stereocenters. The second-order valence-electron chi connectivity index (χ2n) is 3.10. The van der Waals surface area contributed by atoms with Gasteiger partial charge in [0.05, 0.1) is 0 Å². The number of alkyl halides is 1. The van der Waals surface area contributed by atoms with Gasteiger partial charge in [0.1, 0.15) is 11.6 Å². The van der Waals surface area contributed by atoms with Crippen molar-refractivity contribution in [1.29, 1.82) is 0 Å². The van der Waals surface area contributed by atoms with E-state index in [0.717, 1.165) is 11.8 Å². The zero-order chi connectivity index (χ0) is 10.4. The van der Waals surface area contributed by atoms with Gasteiger partial charge in [0.2, 0.25) is 0 Å². The predicted molar refractivity (Wildman–Crippen MR) is 58.1 cm³/mol. The van der Waals surface area contributed by atoms with Gasteiger partial charge in [0, 0.05) is 18.2 Å². The molecule has 76 valence electrons. The highest BCUT2D eigenvalue weighted by atomic mass is 79.9. The fraction of sp³-hybridized carbons (Fsp3) is 0.364. The van der Waals surface area contributed by atoms with Crippen molar-refractivity contribution in [2.75, 3.05) is 5.33 Å². The van der Waals surface area contributed by atoms with E-state index in [9.17, 15) is 9.18 Å². The van der Waals surface area contributed by atoms with Crippen molar-refractivity contribution in [2.45, 2.75) is 19.3 Å². The summed E-state index contributed by atoms with van der Waals surface area (Å²) in [5, 5.41) is 0.815. The Morgan fingerprint density at radius 1 is 1.36 bits per heavy atom. The van der Waals surface area contributed by atoms with Crippen LogP contribution in [0.3, 0.4) is 0 Å². The van der Waals surface area contributed by atoms with Crippen molar-refractivity contribution in [3.63, 3.8) is 0 Å². The fourth-order valence-corrected chi connectivity index (χ4v) is 1.49. The Labute approximate surface area is 91.5 Å². The van der Waals surface area contributed by atoms with Crippen molar-refractivity contribution < 1.29 is 9.18 Å². The second kappa shape index (κ2) is 5.91. The van der Waals surface area contributed by atoms with Crippen LogP contribution in [0.25, 0.3) is 0 Å². The molecule has 3 heteroatoms. The molecule has 0 aliphatic rings. The maximum absolute atomic E-state index is 13.1. The topological polar surface area (TPSA) is 17.1 Å². The first-order chi connectivity index (χ1) is 6.74. The van der Waals surface area contributed by atoms with Crippen LogP contribution in [0.5, 0.6) is 0 Å². The molecule has 0 atom stereocenters. The number of hydrogen-bond acceptors (Lipinski definition) is 1. The number of Topliss-reactive ketones (excluding diaryl/α,β-unsaturated/α-hetero) is 1. The van der Waals surface area contributed by atoms with Gasteiger partial charge in [-0.1, -0.05) is 34.1 Å². The number of hydrogen-bond donors (Lipinski definition) is 0. The zero-order valence-electron chi connectivity index (χ0n) is 7.80. The van der Waals surface area contributed by atoms with Gasteiger partial charge in [-0.25, -0.2) is 4.39 Å². The van der Waals surface area contributed by atoms with E-state index in [1.54, 1.807) is 18.2 Å². The highest BCUT2D eigenvalue weighted by Crippen LogP contribution is 2.09. The SMILES string of the molecule is O=C(CCCBr)Cc1ccccc1F. The van der Waals surface area contributed by atoms with Gasteiger partial charge in [0.25, 0.3) is 0 Å². The summed E-state index contributed by atoms with van der Waals surface area (Å²) in [6, 6.07) is 6.41. The lowest BCUT2D eigenvalue weighted by molar-refractivity contribution is -0.118. The average Bonchev–Trinajstić information content (AvgIpc) is 2.18. The first-order valence-electron chi connectivity index (χ1n) is 4.55. The third kappa shape index (κ3) is 3.58. The molecule has 0 aromatic heterocycles. The lowest BCUT2D eigenvalue weighted by Crippen LogP contribution is -2.04. The van der Waals surface area contributed by atoms with E-state index in [2.05, 4.69) is 15.9 Å². The number of benzene rings is 1. The summed E-state index contributed by atoms with van der Waals surface area (Å²) in [5.74, 6) is -0.200. The van der Waals surface area contributed by atoms with Crippen molar-refractivity contribution >= 4 is 21.7 Å². The molecule has 0 bridgehead atoms. The smallest absolute Gasteiger partial charge is 0.137 e. The normalized spacial score (nSPS) is 10.1. The fourth-order valence-electron chi connectivity index (χ4n) is 1.21. The first kappa shape index (κ1) is 11.4. The third-order valence-corrected chi connectivity index (χ3v) is 2.50. The van der Waals surface area contributed by atoms with Gasteiger partial charge in [-0.3, -0.25) is 4.79 Å². The molecule has 1 aromatic rings. The largest absolute Gasteiger partial charge is 0.299 e. The molecule has 0 saturated heterocycles. The van der Waals surface area contributed by atoms with Crippen LogP contribution in [0, 0.1) is 5.82 Å². The summed E-state index contributed by atoms with van der Waals surface area (Å²) in [4.78, 5) is 11.3. The number of carbonyl (C=O) groups excluding carboxylic acids is 1. The molecule has 0 aliphatic carbocycles. The molecule has 0 spiro atoms. The van der Waals surface area contributed by atoms with Crippen molar-refractivity contribution in [2.24, 2.45) is 0 Å². The van der Waals surface area contributed by atoms with Gasteiger partial charge < -0.3 is 0 Å². The molecule has 0 heterocycles. The molecule has 0 amide bonds. The summed E-state index contributed by atoms with van der Waals surface area (Å²) in [7, 11) is 0. The minimum absolute atomic E-state index is 0.0922. The maximum atomic E-state index is 13.1. The highest BCUT2D eigenvalue weighted by molar-refractivity contribution is 9.09. The van der Waals surface area contributed by atoms with E-state index in [4.69, 9.17) is 0 Å². The van der Waals surface area contributed by atoms with Crippen molar-refractivity contribution in [3.05, 3.63) is 35.6 Å². The van der Waals surface area contributed by atoms with E-state index in [-0.39, 0.29) is 18.0 Å². The van der Waals surface area contributed by atoms with Crippen molar-refractivity contribution in [1.82, 2.24) is 0 Å². The summed E-state index contributed by atoms with van der Waals surface area (Å²) >= 11 is 3.25. The van der Waals surface area contributed by atoms with Gasteiger partial charge in [0.15, 0.2) is 0 Å². The number of rotatable bonds is 5. The molecule has 14 heavy (non-hydrogen) atoms. The van der Waals surface area contributed by atoms with Crippen LogP contribution in [0.1, 0.15) is 18.4 Å². The Hall–Kier alpha value is -0.700. The van der Waals surface area contributed by atoms with Gasteiger partial charge >= 0.3 is 0 Å². The lowest BCUT2D eigenvalue weighted by Gasteiger charge is -2.01.